The lowest BCUT2D eigenvalue weighted by Gasteiger charge is -2.06. The summed E-state index contributed by atoms with van der Waals surface area (Å²) in [6, 6.07) is 0.844. The maximum absolute atomic E-state index is 11.6. The summed E-state index contributed by atoms with van der Waals surface area (Å²) in [6.07, 6.45) is 2.98. The predicted molar refractivity (Wildman–Crippen MR) is 71.0 cm³/mol. The van der Waals surface area contributed by atoms with Crippen molar-refractivity contribution in [3.05, 3.63) is 35.7 Å². The van der Waals surface area contributed by atoms with Gasteiger partial charge in [-0.2, -0.15) is 4.98 Å². The Morgan fingerprint density at radius 2 is 2.19 bits per heavy atom. The highest BCUT2D eigenvalue weighted by molar-refractivity contribution is 5.92. The number of aryl methyl sites for hydroxylation is 1. The van der Waals surface area contributed by atoms with Crippen molar-refractivity contribution in [2.24, 2.45) is 0 Å². The predicted octanol–water partition coefficient (Wildman–Crippen LogP) is 0.835. The molecule has 0 radical (unpaired) electrons. The van der Waals surface area contributed by atoms with Gasteiger partial charge in [0.1, 0.15) is 0 Å². The van der Waals surface area contributed by atoms with Gasteiger partial charge >= 0.3 is 12.0 Å². The average molecular weight is 291 g/mol. The molecule has 0 aliphatic rings. The van der Waals surface area contributed by atoms with Gasteiger partial charge in [0, 0.05) is 26.1 Å². The number of hydrogen-bond acceptors (Lipinski definition) is 6. The van der Waals surface area contributed by atoms with Crippen molar-refractivity contribution in [1.82, 2.24) is 20.4 Å². The van der Waals surface area contributed by atoms with Gasteiger partial charge in [0.2, 0.25) is 5.89 Å². The minimum Gasteiger partial charge on any atom is -0.478 e. The van der Waals surface area contributed by atoms with Gasteiger partial charge in [-0.1, -0.05) is 5.16 Å². The molecule has 0 saturated heterocycles. The summed E-state index contributed by atoms with van der Waals surface area (Å²) in [6.45, 7) is 2.00. The molecule has 9 nitrogen and oxygen atoms in total. The first-order valence-corrected chi connectivity index (χ1v) is 6.07. The lowest BCUT2D eigenvalue weighted by Crippen LogP contribution is -2.30. The summed E-state index contributed by atoms with van der Waals surface area (Å²) in [5.74, 6) is -0.146. The monoisotopic (exact) mass is 291 g/mol. The van der Waals surface area contributed by atoms with Gasteiger partial charge in [0.15, 0.2) is 5.82 Å². The van der Waals surface area contributed by atoms with Crippen LogP contribution in [0.1, 0.15) is 22.1 Å². The molecule has 0 unspecified atom stereocenters. The van der Waals surface area contributed by atoms with E-state index in [1.54, 1.807) is 6.92 Å². The first-order valence-electron chi connectivity index (χ1n) is 6.07. The number of urea groups is 1. The average Bonchev–Trinajstić information content (AvgIpc) is 2.84. The maximum atomic E-state index is 11.6. The number of anilines is 1. The van der Waals surface area contributed by atoms with E-state index in [2.05, 4.69) is 25.8 Å². The third kappa shape index (κ3) is 4.27. The summed E-state index contributed by atoms with van der Waals surface area (Å²) in [5, 5.41) is 17.6. The molecule has 2 aromatic heterocycles. The third-order valence-corrected chi connectivity index (χ3v) is 2.45. The van der Waals surface area contributed by atoms with Crippen molar-refractivity contribution in [2.45, 2.75) is 13.3 Å². The number of nitrogens with one attached hydrogen (secondary N) is 2. The van der Waals surface area contributed by atoms with E-state index in [-0.39, 0.29) is 5.56 Å². The first-order chi connectivity index (χ1) is 10.0. The molecule has 0 saturated carbocycles. The van der Waals surface area contributed by atoms with Gasteiger partial charge in [0.05, 0.1) is 17.4 Å². The summed E-state index contributed by atoms with van der Waals surface area (Å²) in [7, 11) is 0. The molecule has 0 aliphatic heterocycles. The van der Waals surface area contributed by atoms with E-state index < -0.39 is 12.0 Å². The Kier molecular flexibility index (Phi) is 4.44. The van der Waals surface area contributed by atoms with Crippen molar-refractivity contribution < 1.29 is 19.2 Å². The fraction of sp³-hybridized carbons (Fsp3) is 0.250. The van der Waals surface area contributed by atoms with E-state index in [9.17, 15) is 9.59 Å². The van der Waals surface area contributed by atoms with Crippen molar-refractivity contribution in [3.8, 4) is 0 Å². The van der Waals surface area contributed by atoms with Gasteiger partial charge in [-0.25, -0.2) is 9.59 Å². The van der Waals surface area contributed by atoms with Crippen molar-refractivity contribution in [1.29, 1.82) is 0 Å². The molecule has 2 rings (SSSR count). The number of hydrogen-bond donors (Lipinski definition) is 3. The van der Waals surface area contributed by atoms with Crippen molar-refractivity contribution >= 4 is 17.7 Å². The first kappa shape index (κ1) is 14.4. The van der Waals surface area contributed by atoms with Crippen LogP contribution in [0.2, 0.25) is 0 Å². The van der Waals surface area contributed by atoms with E-state index in [1.165, 1.54) is 18.5 Å². The van der Waals surface area contributed by atoms with E-state index >= 15 is 0 Å². The zero-order chi connectivity index (χ0) is 15.2. The van der Waals surface area contributed by atoms with Crippen LogP contribution in [0.5, 0.6) is 0 Å². The van der Waals surface area contributed by atoms with Crippen molar-refractivity contribution in [3.63, 3.8) is 0 Å². The molecule has 21 heavy (non-hydrogen) atoms. The largest absolute Gasteiger partial charge is 0.478 e. The standard InChI is InChI=1S/C12H13N5O4/c1-7-15-10(17-21-7)2-3-14-12(20)16-9-4-8(11(18)19)5-13-6-9/h4-6H,2-3H2,1H3,(H,18,19)(H2,14,16,20). The Bertz CT molecular complexity index is 655. The summed E-state index contributed by atoms with van der Waals surface area (Å²) >= 11 is 0. The number of carboxylic acid groups (broad SMARTS) is 1. The summed E-state index contributed by atoms with van der Waals surface area (Å²) < 4.78 is 4.80. The highest BCUT2D eigenvalue weighted by Gasteiger charge is 2.07. The summed E-state index contributed by atoms with van der Waals surface area (Å²) in [5.41, 5.74) is 0.290. The van der Waals surface area contributed by atoms with Gasteiger partial charge in [-0.15, -0.1) is 0 Å². The molecule has 0 atom stereocenters. The number of carbonyl (C=O) groups is 2. The highest BCUT2D eigenvalue weighted by Crippen LogP contribution is 2.08. The molecule has 3 N–H and O–H groups in total. The number of aromatic nitrogens is 3. The number of carbonyl (C=O) groups excluding carboxylic acids is 1. The summed E-state index contributed by atoms with van der Waals surface area (Å²) in [4.78, 5) is 30.1. The molecular weight excluding hydrogens is 278 g/mol. The van der Waals surface area contributed by atoms with Gasteiger partial charge in [0.25, 0.3) is 0 Å². The Hall–Kier alpha value is -2.97. The van der Waals surface area contributed by atoms with Crippen LogP contribution in [-0.4, -0.2) is 38.8 Å². The van der Waals surface area contributed by atoms with E-state index in [0.717, 1.165) is 0 Å². The second-order valence-electron chi connectivity index (χ2n) is 4.13. The zero-order valence-corrected chi connectivity index (χ0v) is 11.2. The zero-order valence-electron chi connectivity index (χ0n) is 11.2. The smallest absolute Gasteiger partial charge is 0.337 e. The van der Waals surface area contributed by atoms with Crippen LogP contribution < -0.4 is 10.6 Å². The van der Waals surface area contributed by atoms with Gasteiger partial charge in [-0.05, 0) is 6.07 Å². The van der Waals surface area contributed by atoms with Crippen molar-refractivity contribution in [2.75, 3.05) is 11.9 Å². The van der Waals surface area contributed by atoms with Crippen LogP contribution >= 0.6 is 0 Å². The minimum atomic E-state index is -1.11. The highest BCUT2D eigenvalue weighted by atomic mass is 16.5. The topological polar surface area (TPSA) is 130 Å². The molecule has 2 heterocycles. The molecule has 2 amide bonds. The molecule has 0 fully saturated rings. The molecular formula is C12H13N5O4. The van der Waals surface area contributed by atoms with Crippen LogP contribution in [0.4, 0.5) is 10.5 Å². The fourth-order valence-electron chi connectivity index (χ4n) is 1.53. The van der Waals surface area contributed by atoms with Gasteiger partial charge < -0.3 is 20.3 Å². The maximum Gasteiger partial charge on any atom is 0.337 e. The Labute approximate surface area is 119 Å². The number of aromatic carboxylic acids is 1. The van der Waals surface area contributed by atoms with Crippen LogP contribution in [0.15, 0.2) is 23.0 Å². The molecule has 9 heteroatoms. The van der Waals surface area contributed by atoms with Gasteiger partial charge in [-0.3, -0.25) is 4.98 Å². The second-order valence-corrected chi connectivity index (χ2v) is 4.13. The normalized spacial score (nSPS) is 10.1. The lowest BCUT2D eigenvalue weighted by molar-refractivity contribution is 0.0696. The Balaban J connectivity index is 1.81. The van der Waals surface area contributed by atoms with Crippen LogP contribution in [0, 0.1) is 6.92 Å². The van der Waals surface area contributed by atoms with Crippen LogP contribution in [0.3, 0.4) is 0 Å². The molecule has 0 spiro atoms. The molecule has 110 valence electrons. The Morgan fingerprint density at radius 1 is 1.38 bits per heavy atom. The minimum absolute atomic E-state index is 0.00456. The fourth-order valence-corrected chi connectivity index (χ4v) is 1.53. The van der Waals surface area contributed by atoms with E-state index in [1.807, 2.05) is 0 Å². The molecule has 0 aliphatic carbocycles. The van der Waals surface area contributed by atoms with Crippen LogP contribution in [-0.2, 0) is 6.42 Å². The number of nitrogens with zero attached hydrogens (tertiary/aromatic N) is 3. The molecule has 0 bridgehead atoms. The third-order valence-electron chi connectivity index (χ3n) is 2.45. The number of pyridine rings is 1. The number of carboxylic acids is 1. The number of rotatable bonds is 5. The number of amides is 2. The lowest BCUT2D eigenvalue weighted by atomic mass is 10.2. The van der Waals surface area contributed by atoms with E-state index in [4.69, 9.17) is 9.63 Å². The Morgan fingerprint density at radius 3 is 2.86 bits per heavy atom. The van der Waals surface area contributed by atoms with E-state index in [0.29, 0.717) is 30.4 Å². The second kappa shape index (κ2) is 6.46. The molecule has 0 aromatic carbocycles. The van der Waals surface area contributed by atoms with Crippen LogP contribution in [0.25, 0.3) is 0 Å². The quantitative estimate of drug-likeness (QED) is 0.743. The molecule has 2 aromatic rings. The SMILES string of the molecule is Cc1nc(CCNC(=O)Nc2cncc(C(=O)O)c2)no1.